The van der Waals surface area contributed by atoms with Gasteiger partial charge in [-0.05, 0) is 12.8 Å². The van der Waals surface area contributed by atoms with Gasteiger partial charge in [-0.2, -0.15) is 114 Å². The molecule has 0 saturated carbocycles. The summed E-state index contributed by atoms with van der Waals surface area (Å²) in [5, 5.41) is 1.73. The number of nitrogens with one attached hydrogen (secondary N) is 1. The molecule has 0 aliphatic rings. The summed E-state index contributed by atoms with van der Waals surface area (Å²) >= 11 is 0. The minimum atomic E-state index is -8.11. The summed E-state index contributed by atoms with van der Waals surface area (Å²) in [7, 11) is 0. The van der Waals surface area contributed by atoms with Crippen LogP contribution in [0.1, 0.15) is 51.4 Å². The van der Waals surface area contributed by atoms with E-state index in [-0.39, 0.29) is 32.1 Å². The first-order valence-electron chi connectivity index (χ1n) is 14.5. The average molecular weight is 895 g/mol. The van der Waals surface area contributed by atoms with Crippen molar-refractivity contribution in [3.8, 4) is 0 Å². The number of amides is 1. The molecule has 31 heteroatoms. The van der Waals surface area contributed by atoms with E-state index in [0.717, 1.165) is 0 Å². The van der Waals surface area contributed by atoms with Crippen LogP contribution in [-0.2, 0) is 14.3 Å². The molecule has 0 unspecified atom stereocenters. The van der Waals surface area contributed by atoms with Gasteiger partial charge in [-0.1, -0.05) is 19.3 Å². The minimum Gasteiger partial charge on any atom is -0.465 e. The Morgan fingerprint density at radius 2 is 0.679 bits per heavy atom. The third-order valence-corrected chi connectivity index (χ3v) is 7.15. The van der Waals surface area contributed by atoms with Crippen molar-refractivity contribution in [1.82, 2.24) is 5.32 Å². The number of carbonyl (C=O) groups excluding carboxylic acids is 2. The van der Waals surface area contributed by atoms with Gasteiger partial charge >= 0.3 is 83.6 Å². The minimum absolute atomic E-state index is 0.00955. The van der Waals surface area contributed by atoms with Gasteiger partial charge in [0.25, 0.3) is 0 Å². The van der Waals surface area contributed by atoms with Crippen molar-refractivity contribution in [3.63, 3.8) is 0 Å². The zero-order valence-electron chi connectivity index (χ0n) is 26.7. The first-order chi connectivity index (χ1) is 24.5. The number of carbonyl (C=O) groups is 2. The highest BCUT2D eigenvalue weighted by atomic mass is 19.4. The average Bonchev–Trinajstić information content (AvgIpc) is 3.00. The number of hydrogen-bond donors (Lipinski definition) is 1. The number of rotatable bonds is 22. The van der Waals surface area contributed by atoms with Crippen molar-refractivity contribution < 1.29 is 133 Å². The molecular weight excluding hydrogens is 872 g/mol. The van der Waals surface area contributed by atoms with Crippen molar-refractivity contribution in [3.05, 3.63) is 0 Å². The van der Waals surface area contributed by atoms with Crippen LogP contribution < -0.4 is 5.32 Å². The standard InChI is InChI=1S/C25H23F26NO4/c26-14(27,16(30,31)18(34,35)20(38,39)22(42,43)24(46,47)48)7-10-55-12(53)6-4-2-1-3-5-9-52-13(54)56-11-8-15(28,29)17(32,33)19(36,37)21(40,41)23(44,45)25(49,50)51/h1-11H2,(H,52,54). The molecule has 0 aromatic heterocycles. The van der Waals surface area contributed by atoms with Crippen LogP contribution in [0.15, 0.2) is 0 Å². The van der Waals surface area contributed by atoms with Gasteiger partial charge in [0.15, 0.2) is 0 Å². The van der Waals surface area contributed by atoms with Crippen LogP contribution in [0, 0.1) is 0 Å². The predicted octanol–water partition coefficient (Wildman–Crippen LogP) is 10.9. The molecule has 56 heavy (non-hydrogen) atoms. The Bertz CT molecular complexity index is 1210. The van der Waals surface area contributed by atoms with E-state index in [1.54, 1.807) is 5.32 Å². The molecule has 0 aliphatic carbocycles. The Hall–Kier alpha value is -3.08. The maximum absolute atomic E-state index is 13.7. The number of ether oxygens (including phenoxy) is 2. The number of halogens is 26. The van der Waals surface area contributed by atoms with Crippen LogP contribution in [0.4, 0.5) is 119 Å². The fourth-order valence-corrected chi connectivity index (χ4v) is 3.72. The Balaban J connectivity index is 4.73. The van der Waals surface area contributed by atoms with Crippen molar-refractivity contribution in [2.24, 2.45) is 0 Å². The molecule has 0 atom stereocenters. The van der Waals surface area contributed by atoms with E-state index in [0.29, 0.717) is 0 Å². The third-order valence-electron chi connectivity index (χ3n) is 7.15. The maximum Gasteiger partial charge on any atom is 0.460 e. The summed E-state index contributed by atoms with van der Waals surface area (Å²) in [6.45, 7) is -4.46. The first kappa shape index (κ1) is 52.9. The van der Waals surface area contributed by atoms with Gasteiger partial charge in [0, 0.05) is 13.0 Å². The van der Waals surface area contributed by atoms with Crippen LogP contribution in [-0.4, -0.2) is 103 Å². The van der Waals surface area contributed by atoms with Gasteiger partial charge in [0.2, 0.25) is 0 Å². The fraction of sp³-hybridized carbons (Fsp3) is 0.920. The van der Waals surface area contributed by atoms with Crippen molar-refractivity contribution in [1.29, 1.82) is 0 Å². The summed E-state index contributed by atoms with van der Waals surface area (Å²) in [6.07, 6.45) is -23.5. The second kappa shape index (κ2) is 17.0. The zero-order valence-corrected chi connectivity index (χ0v) is 26.7. The van der Waals surface area contributed by atoms with Crippen LogP contribution in [0.25, 0.3) is 0 Å². The molecule has 0 aliphatic heterocycles. The van der Waals surface area contributed by atoms with Crippen molar-refractivity contribution in [2.45, 2.75) is 123 Å². The maximum atomic E-state index is 13.7. The van der Waals surface area contributed by atoms with E-state index in [1.165, 1.54) is 0 Å². The molecule has 0 radical (unpaired) electrons. The highest BCUT2D eigenvalue weighted by molar-refractivity contribution is 5.69. The van der Waals surface area contributed by atoms with Gasteiger partial charge in [-0.25, -0.2) is 4.79 Å². The quantitative estimate of drug-likeness (QED) is 0.0668. The Morgan fingerprint density at radius 1 is 0.375 bits per heavy atom. The van der Waals surface area contributed by atoms with E-state index in [2.05, 4.69) is 9.47 Å². The smallest absolute Gasteiger partial charge is 0.460 e. The largest absolute Gasteiger partial charge is 0.465 e. The molecule has 0 saturated heterocycles. The molecule has 0 aromatic carbocycles. The van der Waals surface area contributed by atoms with Gasteiger partial charge in [0.1, 0.15) is 0 Å². The molecule has 334 valence electrons. The third kappa shape index (κ3) is 10.1. The molecule has 5 nitrogen and oxygen atoms in total. The van der Waals surface area contributed by atoms with Gasteiger partial charge in [-0.15, -0.1) is 0 Å². The number of esters is 1. The Kier molecular flexibility index (Phi) is 16.1. The molecule has 1 N–H and O–H groups in total. The molecule has 0 rings (SSSR count). The molecule has 0 spiro atoms. The zero-order chi connectivity index (χ0) is 45.1. The van der Waals surface area contributed by atoms with Crippen LogP contribution in [0.2, 0.25) is 0 Å². The lowest BCUT2D eigenvalue weighted by Crippen LogP contribution is -2.70. The van der Waals surface area contributed by atoms with Gasteiger partial charge < -0.3 is 14.8 Å². The topological polar surface area (TPSA) is 64.6 Å². The second-order valence-electron chi connectivity index (χ2n) is 11.3. The van der Waals surface area contributed by atoms with Crippen LogP contribution >= 0.6 is 0 Å². The SMILES string of the molecule is O=C(CCCCCCCNC(=O)OCCC(F)(F)C(F)(F)C(F)(F)C(F)(F)C(F)(F)C(F)(F)F)OCCC(F)(F)C(F)(F)C(F)(F)C(F)(F)C(F)(F)C(F)(F)F. The lowest BCUT2D eigenvalue weighted by Gasteiger charge is -2.39. The summed E-state index contributed by atoms with van der Waals surface area (Å²) in [5.74, 6) is -77.8. The highest BCUT2D eigenvalue weighted by Gasteiger charge is 2.92. The van der Waals surface area contributed by atoms with E-state index < -0.39 is 123 Å². The van der Waals surface area contributed by atoms with Crippen molar-refractivity contribution >= 4 is 12.1 Å². The lowest BCUT2D eigenvalue weighted by molar-refractivity contribution is -0.440. The molecular formula is C25H23F26NO4. The predicted molar refractivity (Wildman–Crippen MR) is 129 cm³/mol. The fourth-order valence-electron chi connectivity index (χ4n) is 3.72. The van der Waals surface area contributed by atoms with Gasteiger partial charge in [-0.3, -0.25) is 4.79 Å². The summed E-state index contributed by atoms with van der Waals surface area (Å²) < 4.78 is 347. The van der Waals surface area contributed by atoms with E-state index in [4.69, 9.17) is 0 Å². The summed E-state index contributed by atoms with van der Waals surface area (Å²) in [5.41, 5.74) is 0. The monoisotopic (exact) mass is 895 g/mol. The van der Waals surface area contributed by atoms with E-state index in [1.807, 2.05) is 0 Å². The normalized spacial score (nSPS) is 15.2. The first-order valence-corrected chi connectivity index (χ1v) is 14.5. The summed E-state index contributed by atoms with van der Waals surface area (Å²) in [4.78, 5) is 22.9. The van der Waals surface area contributed by atoms with Crippen LogP contribution in [0.5, 0.6) is 0 Å². The highest BCUT2D eigenvalue weighted by Crippen LogP contribution is 2.62. The lowest BCUT2D eigenvalue weighted by atomic mass is 9.93. The number of hydrogen-bond acceptors (Lipinski definition) is 4. The van der Waals surface area contributed by atoms with E-state index >= 15 is 0 Å². The van der Waals surface area contributed by atoms with Gasteiger partial charge in [0.05, 0.1) is 26.1 Å². The summed E-state index contributed by atoms with van der Waals surface area (Å²) in [6, 6.07) is 0. The second-order valence-corrected chi connectivity index (χ2v) is 11.3. The molecule has 1 amide bonds. The molecule has 0 bridgehead atoms. The van der Waals surface area contributed by atoms with Crippen LogP contribution in [0.3, 0.4) is 0 Å². The van der Waals surface area contributed by atoms with Crippen molar-refractivity contribution in [2.75, 3.05) is 19.8 Å². The van der Waals surface area contributed by atoms with E-state index in [9.17, 15) is 124 Å². The Morgan fingerprint density at radius 3 is 1.04 bits per heavy atom. The number of unbranched alkanes of at least 4 members (excludes halogenated alkanes) is 4. The number of alkyl halides is 26. The number of alkyl carbamates (subject to hydrolysis) is 1. The molecule has 0 heterocycles. The molecule has 0 fully saturated rings. The molecule has 0 aromatic rings. The Labute approximate surface area is 294 Å².